The molecule has 1 heterocycles. The Labute approximate surface area is 139 Å². The van der Waals surface area contributed by atoms with E-state index >= 15 is 0 Å². The second kappa shape index (κ2) is 6.28. The minimum atomic E-state index is -0.390. The summed E-state index contributed by atoms with van der Waals surface area (Å²) in [5, 5.41) is 9.58. The van der Waals surface area contributed by atoms with E-state index in [0.717, 1.165) is 5.52 Å². The van der Waals surface area contributed by atoms with E-state index in [1.54, 1.807) is 23.0 Å². The summed E-state index contributed by atoms with van der Waals surface area (Å²) < 4.78 is 15.6. The molecule has 0 spiro atoms. The highest BCUT2D eigenvalue weighted by molar-refractivity contribution is 14.2. The molecular formula is C13H7BrFIN2OS. The van der Waals surface area contributed by atoms with Crippen LogP contribution in [0.4, 0.5) is 4.39 Å². The van der Waals surface area contributed by atoms with Crippen molar-refractivity contribution in [3.05, 3.63) is 45.8 Å². The van der Waals surface area contributed by atoms with Gasteiger partial charge in [0, 0.05) is 35.7 Å². The summed E-state index contributed by atoms with van der Waals surface area (Å²) in [7, 11) is 1.30. The maximum Gasteiger partial charge on any atom is 0.220 e. The molecule has 0 atom stereocenters. The quantitative estimate of drug-likeness (QED) is 0.276. The van der Waals surface area contributed by atoms with Crippen molar-refractivity contribution in [2.45, 2.75) is 6.92 Å². The molecule has 0 saturated heterocycles. The van der Waals surface area contributed by atoms with Gasteiger partial charge in [0.05, 0.1) is 15.6 Å². The van der Waals surface area contributed by atoms with Crippen molar-refractivity contribution in [3.8, 4) is 6.07 Å². The number of nitrogens with zero attached hydrogens (tertiary/aromatic N) is 2. The van der Waals surface area contributed by atoms with Crippen LogP contribution >= 0.6 is 46.3 Å². The van der Waals surface area contributed by atoms with Gasteiger partial charge in [-0.3, -0.25) is 8.77 Å². The van der Waals surface area contributed by atoms with E-state index in [9.17, 15) is 9.18 Å². The van der Waals surface area contributed by atoms with Gasteiger partial charge < -0.3 is 0 Å². The summed E-state index contributed by atoms with van der Waals surface area (Å²) >= 11 is 5.17. The molecule has 1 aromatic carbocycles. The average Bonchev–Trinajstić information content (AvgIpc) is 2.78. The summed E-state index contributed by atoms with van der Waals surface area (Å²) in [6, 6.07) is 6.45. The van der Waals surface area contributed by atoms with Crippen LogP contribution in [0.5, 0.6) is 0 Å². The Bertz CT molecular complexity index is 779. The summed E-state index contributed by atoms with van der Waals surface area (Å²) in [4.78, 5) is 12.3. The number of rotatable bonds is 3. The molecule has 2 rings (SSSR count). The minimum Gasteiger partial charge on any atom is -0.286 e. The van der Waals surface area contributed by atoms with Crippen LogP contribution in [0, 0.1) is 17.1 Å². The van der Waals surface area contributed by atoms with E-state index in [2.05, 4.69) is 15.9 Å². The molecule has 0 aliphatic heterocycles. The Morgan fingerprint density at radius 2 is 2.25 bits per heavy atom. The van der Waals surface area contributed by atoms with Gasteiger partial charge in [-0.1, -0.05) is 6.08 Å². The highest BCUT2D eigenvalue weighted by atomic mass is 127. The third-order valence-corrected chi connectivity index (χ3v) is 5.08. The van der Waals surface area contributed by atoms with Crippen LogP contribution in [-0.2, 0) is 0 Å². The molecule has 102 valence electrons. The highest BCUT2D eigenvalue weighted by Gasteiger charge is 2.20. The van der Waals surface area contributed by atoms with E-state index in [1.165, 1.54) is 21.3 Å². The lowest BCUT2D eigenvalue weighted by Gasteiger charge is -2.04. The van der Waals surface area contributed by atoms with Crippen molar-refractivity contribution in [1.82, 2.24) is 3.97 Å². The molecule has 7 heteroatoms. The van der Waals surface area contributed by atoms with Crippen LogP contribution in [0.3, 0.4) is 0 Å². The topological polar surface area (TPSA) is 45.8 Å². The van der Waals surface area contributed by atoms with Gasteiger partial charge in [0.25, 0.3) is 0 Å². The second-order valence-corrected chi connectivity index (χ2v) is 6.40. The lowest BCUT2D eigenvalue weighted by atomic mass is 10.1. The van der Waals surface area contributed by atoms with Gasteiger partial charge in [0.1, 0.15) is 17.6 Å². The first kappa shape index (κ1) is 15.5. The Morgan fingerprint density at radius 1 is 1.55 bits per heavy atom. The van der Waals surface area contributed by atoms with E-state index in [4.69, 9.17) is 5.26 Å². The number of allylic oxidation sites excluding steroid dienone is 2. The molecule has 0 unspecified atom stereocenters. The van der Waals surface area contributed by atoms with Gasteiger partial charge in [-0.25, -0.2) is 4.39 Å². The second-order valence-electron chi connectivity index (χ2n) is 3.86. The normalized spacial score (nSPS) is 11.7. The van der Waals surface area contributed by atoms with Crippen LogP contribution < -0.4 is 0 Å². The SMILES string of the molecule is C/C=C(\C#N)C(=O)c1cc2cc(F)c(Br)cc2n1SI. The molecule has 3 nitrogen and oxygen atoms in total. The monoisotopic (exact) mass is 464 g/mol. The first-order valence-electron chi connectivity index (χ1n) is 5.44. The van der Waals surface area contributed by atoms with Crippen LogP contribution in [-0.4, -0.2) is 9.76 Å². The van der Waals surface area contributed by atoms with Crippen LogP contribution in [0.25, 0.3) is 10.9 Å². The number of ketones is 1. The van der Waals surface area contributed by atoms with E-state index < -0.39 is 5.82 Å². The fourth-order valence-electron chi connectivity index (χ4n) is 1.80. The molecule has 0 fully saturated rings. The smallest absolute Gasteiger partial charge is 0.220 e. The van der Waals surface area contributed by atoms with E-state index in [-0.39, 0.29) is 11.4 Å². The van der Waals surface area contributed by atoms with Crippen LogP contribution in [0.1, 0.15) is 17.4 Å². The maximum absolute atomic E-state index is 13.6. The zero-order valence-electron chi connectivity index (χ0n) is 10.2. The number of hydrogen-bond donors (Lipinski definition) is 0. The van der Waals surface area contributed by atoms with Gasteiger partial charge in [-0.2, -0.15) is 5.26 Å². The summed E-state index contributed by atoms with van der Waals surface area (Å²) in [6.07, 6.45) is 1.47. The van der Waals surface area contributed by atoms with Crippen LogP contribution in [0.15, 0.2) is 34.3 Å². The predicted molar refractivity (Wildman–Crippen MR) is 90.3 cm³/mol. The molecule has 20 heavy (non-hydrogen) atoms. The lowest BCUT2D eigenvalue weighted by molar-refractivity contribution is 0.103. The van der Waals surface area contributed by atoms with E-state index in [1.807, 2.05) is 27.3 Å². The molecular weight excluding hydrogens is 458 g/mol. The van der Waals surface area contributed by atoms with Crippen molar-refractivity contribution < 1.29 is 9.18 Å². The fourth-order valence-corrected chi connectivity index (χ4v) is 3.84. The Morgan fingerprint density at radius 3 is 2.80 bits per heavy atom. The first-order chi connectivity index (χ1) is 9.53. The molecule has 2 aromatic rings. The number of Topliss-reactive ketones (excluding diaryl/α,β-unsaturated/α-hetero) is 1. The molecule has 0 amide bonds. The third kappa shape index (κ3) is 2.64. The zero-order valence-corrected chi connectivity index (χ0v) is 14.7. The van der Waals surface area contributed by atoms with Crippen LogP contribution in [0.2, 0.25) is 0 Å². The molecule has 0 bridgehead atoms. The van der Waals surface area contributed by atoms with Gasteiger partial charge in [-0.15, -0.1) is 0 Å². The molecule has 0 N–H and O–H groups in total. The van der Waals surface area contributed by atoms with Gasteiger partial charge >= 0.3 is 0 Å². The number of fused-ring (bicyclic) bond motifs is 1. The molecule has 0 radical (unpaired) electrons. The number of aromatic nitrogens is 1. The Balaban J connectivity index is 2.72. The first-order valence-corrected chi connectivity index (χ1v) is 9.55. The lowest BCUT2D eigenvalue weighted by Crippen LogP contribution is -2.05. The molecule has 0 saturated carbocycles. The number of halogens is 3. The number of carbonyl (C=O) groups excluding carboxylic acids is 1. The standard InChI is InChI=1S/C13H7BrFIN2OS/c1-2-7(6-17)13(19)12-4-8-3-10(15)9(14)5-11(8)18(12)20-16/h2-5H,1H3/b7-2+. The average molecular weight is 465 g/mol. The predicted octanol–water partition coefficient (Wildman–Crippen LogP) is 5.04. The number of carbonyl (C=O) groups is 1. The highest BCUT2D eigenvalue weighted by Crippen LogP contribution is 2.32. The number of hydrogen-bond acceptors (Lipinski definition) is 3. The zero-order chi connectivity index (χ0) is 14.9. The maximum atomic E-state index is 13.6. The fraction of sp³-hybridized carbons (Fsp3) is 0.0769. The van der Waals surface area contributed by atoms with Crippen molar-refractivity contribution in [1.29, 1.82) is 5.26 Å². The van der Waals surface area contributed by atoms with E-state index in [0.29, 0.717) is 15.6 Å². The summed E-state index contributed by atoms with van der Waals surface area (Å²) in [5.41, 5.74) is 1.14. The molecule has 0 aliphatic carbocycles. The van der Waals surface area contributed by atoms with Crippen molar-refractivity contribution in [3.63, 3.8) is 0 Å². The minimum absolute atomic E-state index is 0.0686. The van der Waals surface area contributed by atoms with Crippen molar-refractivity contribution >= 4 is 62.9 Å². The van der Waals surface area contributed by atoms with Gasteiger partial charge in [0.15, 0.2) is 0 Å². The Kier molecular flexibility index (Phi) is 4.88. The van der Waals surface area contributed by atoms with Gasteiger partial charge in [0.2, 0.25) is 5.78 Å². The summed E-state index contributed by atoms with van der Waals surface area (Å²) in [5.74, 6) is -0.759. The molecule has 0 aliphatic rings. The number of benzene rings is 1. The van der Waals surface area contributed by atoms with Gasteiger partial charge in [-0.05, 0) is 41.1 Å². The Hall–Kier alpha value is -0.850. The number of nitriles is 1. The van der Waals surface area contributed by atoms with Crippen molar-refractivity contribution in [2.24, 2.45) is 0 Å². The molecule has 1 aromatic heterocycles. The third-order valence-electron chi connectivity index (χ3n) is 2.75. The van der Waals surface area contributed by atoms with Crippen molar-refractivity contribution in [2.75, 3.05) is 0 Å². The largest absolute Gasteiger partial charge is 0.286 e. The summed E-state index contributed by atoms with van der Waals surface area (Å²) in [6.45, 7) is 1.64.